The molecule has 0 saturated carbocycles. The first-order valence-electron chi connectivity index (χ1n) is 13.4. The van der Waals surface area contributed by atoms with E-state index >= 15 is 0 Å². The molecule has 3 aromatic heterocycles. The minimum absolute atomic E-state index is 0.0327. The molecule has 4 aliphatic rings. The fourth-order valence-electron chi connectivity index (χ4n) is 5.52. The minimum Gasteiger partial charge on any atom is -0.381 e. The second-order valence-corrected chi connectivity index (χ2v) is 16.7. The number of hydrazine groups is 2. The summed E-state index contributed by atoms with van der Waals surface area (Å²) in [4.78, 5) is 39.1. The lowest BCUT2D eigenvalue weighted by atomic mass is 9.99. The summed E-state index contributed by atoms with van der Waals surface area (Å²) < 4.78 is 45.2. The van der Waals surface area contributed by atoms with Gasteiger partial charge in [-0.1, -0.05) is 0 Å². The number of imidazole rings is 1. The van der Waals surface area contributed by atoms with Gasteiger partial charge in [0.25, 0.3) is 5.56 Å². The van der Waals surface area contributed by atoms with Crippen LogP contribution in [0.25, 0.3) is 5.65 Å². The molecule has 0 aromatic carbocycles. The third-order valence-electron chi connectivity index (χ3n) is 7.54. The molecule has 0 aliphatic carbocycles. The number of aromatic nitrogens is 6. The smallest absolute Gasteiger partial charge is 0.328 e. The average Bonchev–Trinajstić information content (AvgIpc) is 3.76. The van der Waals surface area contributed by atoms with Crippen molar-refractivity contribution >= 4 is 66.8 Å². The van der Waals surface area contributed by atoms with E-state index in [1.165, 1.54) is 29.3 Å². The Bertz CT molecular complexity index is 1750. The number of anilines is 4. The fourth-order valence-corrected chi connectivity index (χ4v) is 9.86. The molecule has 2 bridgehead atoms. The van der Waals surface area contributed by atoms with E-state index in [0.717, 1.165) is 0 Å². The van der Waals surface area contributed by atoms with Gasteiger partial charge in [0.05, 0.1) is 43.7 Å². The average molecular weight is 690 g/mol. The second kappa shape index (κ2) is 11.4. The Morgan fingerprint density at radius 2 is 2.07 bits per heavy atom. The molecule has 0 amide bonds. The number of hydrogen-bond donors (Lipinski definition) is 6. The predicted octanol–water partition coefficient (Wildman–Crippen LogP) is 0.354. The first-order valence-corrected chi connectivity index (χ1v) is 18.9. The molecule has 4 aliphatic heterocycles. The highest BCUT2D eigenvalue weighted by Gasteiger charge is 2.49. The summed E-state index contributed by atoms with van der Waals surface area (Å²) in [5.74, 6) is 0.282. The van der Waals surface area contributed by atoms with Gasteiger partial charge in [-0.15, -0.1) is 17.3 Å². The fraction of sp³-hybridized carbons (Fsp3) is 0.571. The summed E-state index contributed by atoms with van der Waals surface area (Å²) in [5.41, 5.74) is 12.5. The van der Waals surface area contributed by atoms with Gasteiger partial charge in [0, 0.05) is 19.0 Å². The van der Waals surface area contributed by atoms with Crippen molar-refractivity contribution in [3.8, 4) is 0 Å². The first kappa shape index (κ1) is 30.2. The molecule has 7 heterocycles. The Hall–Kier alpha value is -2.42. The number of thioether (sulfide) groups is 1. The van der Waals surface area contributed by atoms with Crippen LogP contribution in [0.5, 0.6) is 0 Å². The zero-order chi connectivity index (χ0) is 30.8. The molecule has 7 rings (SSSR count). The number of nitrogens with one attached hydrogen (secondary N) is 4. The Morgan fingerprint density at radius 1 is 1.23 bits per heavy atom. The van der Waals surface area contributed by atoms with E-state index in [1.807, 2.05) is 0 Å². The van der Waals surface area contributed by atoms with Gasteiger partial charge >= 0.3 is 14.3 Å². The molecule has 44 heavy (non-hydrogen) atoms. The molecular formula is C21H29N11O8P2S2. The molecule has 3 fully saturated rings. The number of ether oxygens (including phenoxy) is 1. The van der Waals surface area contributed by atoms with Crippen molar-refractivity contribution in [1.29, 1.82) is 0 Å². The van der Waals surface area contributed by atoms with Crippen molar-refractivity contribution in [2.45, 2.75) is 41.3 Å². The van der Waals surface area contributed by atoms with Crippen molar-refractivity contribution in [3.05, 3.63) is 28.6 Å². The normalized spacial score (nSPS) is 35.8. The molecule has 0 radical (unpaired) electrons. The lowest BCUT2D eigenvalue weighted by molar-refractivity contribution is 0.00786. The predicted molar refractivity (Wildman–Crippen MR) is 163 cm³/mol. The van der Waals surface area contributed by atoms with Gasteiger partial charge < -0.3 is 38.8 Å². The first-order chi connectivity index (χ1) is 21.0. The Labute approximate surface area is 258 Å². The zero-order valence-electron chi connectivity index (χ0n) is 23.2. The monoisotopic (exact) mass is 689 g/mol. The molecular weight excluding hydrogens is 660 g/mol. The number of aromatic amines is 1. The van der Waals surface area contributed by atoms with Crippen molar-refractivity contribution in [3.63, 3.8) is 0 Å². The van der Waals surface area contributed by atoms with Crippen molar-refractivity contribution in [2.24, 2.45) is 0 Å². The van der Waals surface area contributed by atoms with Crippen LogP contribution in [0.2, 0.25) is 0 Å². The molecule has 3 unspecified atom stereocenters. The number of fused-ring (bicyclic) bond motifs is 5. The van der Waals surface area contributed by atoms with E-state index in [-0.39, 0.29) is 48.1 Å². The number of H-pyrrole nitrogens is 1. The molecule has 7 N–H and O–H groups in total. The largest absolute Gasteiger partial charge is 0.381 e. The van der Waals surface area contributed by atoms with Crippen LogP contribution in [0.15, 0.2) is 17.3 Å². The maximum absolute atomic E-state index is 13.7. The molecule has 23 heteroatoms. The SMILES string of the molecule is CNc1nc2c(c(=O)[nH]1)NNN2[C@@H]1S[C@@H]2COP(C)(=O)O[C@H]3C(c4cnc5c(N)ncnn45)CO[C@@H]3COP(O)(=S)O[C@@H]1C2. The number of nitrogen functional groups attached to an aromatic ring is 1. The van der Waals surface area contributed by atoms with Crippen LogP contribution in [-0.4, -0.2) is 96.9 Å². The molecule has 19 nitrogen and oxygen atoms in total. The topological polar surface area (TPSA) is 238 Å². The van der Waals surface area contributed by atoms with Crippen LogP contribution < -0.4 is 32.6 Å². The molecule has 3 saturated heterocycles. The Balaban J connectivity index is 1.16. The van der Waals surface area contributed by atoms with Crippen LogP contribution in [0, 0.1) is 0 Å². The minimum atomic E-state index is -3.85. The summed E-state index contributed by atoms with van der Waals surface area (Å²) in [6, 6.07) is 0. The highest BCUT2D eigenvalue weighted by Crippen LogP contribution is 2.55. The maximum Gasteiger partial charge on any atom is 0.328 e. The summed E-state index contributed by atoms with van der Waals surface area (Å²) in [6.45, 7) is -2.49. The van der Waals surface area contributed by atoms with Crippen LogP contribution in [0.1, 0.15) is 18.0 Å². The van der Waals surface area contributed by atoms with E-state index in [4.69, 9.17) is 40.4 Å². The lowest BCUT2D eigenvalue weighted by Gasteiger charge is -2.31. The zero-order valence-corrected chi connectivity index (χ0v) is 26.6. The molecule has 3 aromatic rings. The molecule has 8 atom stereocenters. The van der Waals surface area contributed by atoms with Gasteiger partial charge in [-0.3, -0.25) is 24.8 Å². The van der Waals surface area contributed by atoms with Crippen LogP contribution in [0.4, 0.5) is 23.3 Å². The lowest BCUT2D eigenvalue weighted by Crippen LogP contribution is -2.47. The number of nitrogens with two attached hydrogens (primary N) is 1. The van der Waals surface area contributed by atoms with Crippen LogP contribution in [-0.2, 0) is 39.2 Å². The maximum atomic E-state index is 13.7. The Morgan fingerprint density at radius 3 is 2.89 bits per heavy atom. The summed E-state index contributed by atoms with van der Waals surface area (Å²) in [5, 5.41) is 7.90. The van der Waals surface area contributed by atoms with Gasteiger partial charge in [0.2, 0.25) is 5.95 Å². The van der Waals surface area contributed by atoms with Crippen molar-refractivity contribution in [2.75, 3.05) is 55.0 Å². The van der Waals surface area contributed by atoms with Gasteiger partial charge in [0.15, 0.2) is 23.0 Å². The van der Waals surface area contributed by atoms with Crippen LogP contribution >= 0.6 is 26.1 Å². The highest BCUT2D eigenvalue weighted by molar-refractivity contribution is 8.07. The third kappa shape index (κ3) is 5.60. The number of nitrogens with zero attached hydrogens (tertiary/aromatic N) is 6. The van der Waals surface area contributed by atoms with Crippen molar-refractivity contribution < 1.29 is 32.3 Å². The van der Waals surface area contributed by atoms with Gasteiger partial charge in [-0.25, -0.2) is 14.5 Å². The number of rotatable bonds is 3. The van der Waals surface area contributed by atoms with E-state index in [9.17, 15) is 14.3 Å². The van der Waals surface area contributed by atoms with Gasteiger partial charge in [-0.2, -0.15) is 10.1 Å². The van der Waals surface area contributed by atoms with E-state index in [1.54, 1.807) is 18.3 Å². The van der Waals surface area contributed by atoms with E-state index in [2.05, 4.69) is 41.3 Å². The number of hydrogen-bond acceptors (Lipinski definition) is 18. The summed E-state index contributed by atoms with van der Waals surface area (Å²) in [7, 11) is -2.04. The standard InChI is InChI=1S/C21H29N11O8P2S2/c1-23-21-27-17-14(19(33)28-21)29-30-32(17)20-12-3-9(44-20)5-37-41(2,34)40-15-10(6-36-13(15)7-38-42(35,43)39-12)11-4-24-18-16(22)25-8-26-31(11)18/h4,8-10,12-13,15,20,29-30H,3,5-7H2,1-2H3,(H,35,43)(H2,22,25,26)(H2,23,27,28,33)/t9-,10?,12+,13+,15-,20+,41?,42?/m0/s1. The van der Waals surface area contributed by atoms with E-state index in [0.29, 0.717) is 23.6 Å². The molecule has 238 valence electrons. The van der Waals surface area contributed by atoms with Crippen molar-refractivity contribution in [1.82, 2.24) is 35.1 Å². The third-order valence-corrected chi connectivity index (χ3v) is 11.9. The molecule has 0 spiro atoms. The van der Waals surface area contributed by atoms with Gasteiger partial charge in [-0.05, 0) is 18.2 Å². The van der Waals surface area contributed by atoms with Crippen LogP contribution in [0.3, 0.4) is 0 Å². The Kier molecular flexibility index (Phi) is 7.86. The second-order valence-electron chi connectivity index (χ2n) is 10.4. The van der Waals surface area contributed by atoms with E-state index < -0.39 is 43.9 Å². The highest BCUT2D eigenvalue weighted by atomic mass is 32.5. The quantitative estimate of drug-likeness (QED) is 0.203. The summed E-state index contributed by atoms with van der Waals surface area (Å²) >= 11 is 6.84. The van der Waals surface area contributed by atoms with Gasteiger partial charge in [0.1, 0.15) is 23.9 Å². The summed E-state index contributed by atoms with van der Waals surface area (Å²) in [6.07, 6.45) is 0.913.